The zero-order chi connectivity index (χ0) is 13.4. The first-order valence-corrected chi connectivity index (χ1v) is 6.03. The molecule has 0 saturated carbocycles. The van der Waals surface area contributed by atoms with E-state index in [2.05, 4.69) is 10.6 Å². The molecule has 1 aromatic carbocycles. The number of hydrogen-bond acceptors (Lipinski definition) is 3. The predicted molar refractivity (Wildman–Crippen MR) is 72.6 cm³/mol. The van der Waals surface area contributed by atoms with Crippen molar-refractivity contribution in [3.63, 3.8) is 0 Å². The third kappa shape index (κ3) is 5.16. The van der Waals surface area contributed by atoms with E-state index >= 15 is 0 Å². The third-order valence-electron chi connectivity index (χ3n) is 2.51. The second kappa shape index (κ2) is 7.68. The fraction of sp³-hybridized carbons (Fsp3) is 0.462. The number of nitrogens with one attached hydrogen (secondary N) is 2. The van der Waals surface area contributed by atoms with Crippen molar-refractivity contribution in [1.29, 1.82) is 0 Å². The van der Waals surface area contributed by atoms with Gasteiger partial charge in [-0.15, -0.1) is 0 Å². The highest BCUT2D eigenvalue weighted by molar-refractivity contribution is 5.89. The van der Waals surface area contributed by atoms with Crippen LogP contribution in [0.5, 0.6) is 0 Å². The number of nitrogens with two attached hydrogens (primary N) is 1. The Bertz CT molecular complexity index is 363. The molecular weight excluding hydrogens is 230 g/mol. The number of ether oxygens (including phenoxy) is 1. The normalized spacial score (nSPS) is 11.9. The molecule has 1 rings (SSSR count). The van der Waals surface area contributed by atoms with Gasteiger partial charge in [-0.3, -0.25) is 0 Å². The maximum atomic E-state index is 11.5. The lowest BCUT2D eigenvalue weighted by molar-refractivity contribution is 0.194. The topological polar surface area (TPSA) is 76.4 Å². The van der Waals surface area contributed by atoms with E-state index in [4.69, 9.17) is 10.5 Å². The number of hydrogen-bond donors (Lipinski definition) is 3. The molecule has 0 aliphatic heterocycles. The van der Waals surface area contributed by atoms with E-state index in [1.54, 1.807) is 7.11 Å². The van der Waals surface area contributed by atoms with Crippen molar-refractivity contribution in [2.75, 3.05) is 25.6 Å². The number of benzene rings is 1. The van der Waals surface area contributed by atoms with Crippen LogP contribution in [0.25, 0.3) is 0 Å². The second-order valence-corrected chi connectivity index (χ2v) is 4.14. The number of carbonyl (C=O) groups is 1. The summed E-state index contributed by atoms with van der Waals surface area (Å²) in [5.41, 5.74) is 7.54. The summed E-state index contributed by atoms with van der Waals surface area (Å²) < 4.78 is 4.89. The van der Waals surface area contributed by atoms with Crippen molar-refractivity contribution >= 4 is 11.7 Å². The summed E-state index contributed by atoms with van der Waals surface area (Å²) in [5, 5.41) is 5.50. The highest BCUT2D eigenvalue weighted by Gasteiger charge is 2.02. The molecular formula is C13H21N3O2. The molecule has 0 fully saturated rings. The van der Waals surface area contributed by atoms with Crippen LogP contribution < -0.4 is 16.4 Å². The maximum Gasteiger partial charge on any atom is 0.319 e. The monoisotopic (exact) mass is 251 g/mol. The molecule has 5 nitrogen and oxygen atoms in total. The number of anilines is 1. The molecule has 0 radical (unpaired) electrons. The third-order valence-corrected chi connectivity index (χ3v) is 2.51. The van der Waals surface area contributed by atoms with Gasteiger partial charge < -0.3 is 21.1 Å². The van der Waals surface area contributed by atoms with Crippen LogP contribution in [0.4, 0.5) is 10.5 Å². The Morgan fingerprint density at radius 1 is 1.39 bits per heavy atom. The molecule has 100 valence electrons. The SMILES string of the molecule is COCCCNC(=O)Nc1ccc(C(C)N)cc1. The Morgan fingerprint density at radius 2 is 2.06 bits per heavy atom. The molecule has 5 heteroatoms. The number of urea groups is 1. The minimum absolute atomic E-state index is 0.00178. The maximum absolute atomic E-state index is 11.5. The first kappa shape index (κ1) is 14.5. The van der Waals surface area contributed by atoms with Crippen molar-refractivity contribution < 1.29 is 9.53 Å². The zero-order valence-electron chi connectivity index (χ0n) is 10.9. The molecule has 2 amide bonds. The summed E-state index contributed by atoms with van der Waals surface area (Å²) in [4.78, 5) is 11.5. The Morgan fingerprint density at radius 3 is 2.61 bits per heavy atom. The van der Waals surface area contributed by atoms with Gasteiger partial charge in [0.15, 0.2) is 0 Å². The van der Waals surface area contributed by atoms with Crippen molar-refractivity contribution in [2.45, 2.75) is 19.4 Å². The lowest BCUT2D eigenvalue weighted by atomic mass is 10.1. The summed E-state index contributed by atoms with van der Waals surface area (Å²) in [6.07, 6.45) is 0.799. The molecule has 1 aromatic rings. The van der Waals surface area contributed by atoms with E-state index in [-0.39, 0.29) is 12.1 Å². The largest absolute Gasteiger partial charge is 0.385 e. The molecule has 0 spiro atoms. The van der Waals surface area contributed by atoms with E-state index in [1.165, 1.54) is 0 Å². The first-order chi connectivity index (χ1) is 8.63. The van der Waals surface area contributed by atoms with E-state index < -0.39 is 0 Å². The quantitative estimate of drug-likeness (QED) is 0.675. The van der Waals surface area contributed by atoms with Crippen molar-refractivity contribution in [1.82, 2.24) is 5.32 Å². The Labute approximate surface area is 108 Å². The fourth-order valence-electron chi connectivity index (χ4n) is 1.46. The summed E-state index contributed by atoms with van der Waals surface area (Å²) in [7, 11) is 1.64. The molecule has 0 aliphatic carbocycles. The average Bonchev–Trinajstić information content (AvgIpc) is 2.35. The Hall–Kier alpha value is -1.59. The van der Waals surface area contributed by atoms with Gasteiger partial charge in [0.05, 0.1) is 0 Å². The summed E-state index contributed by atoms with van der Waals surface area (Å²) >= 11 is 0. The zero-order valence-corrected chi connectivity index (χ0v) is 10.9. The molecule has 0 heterocycles. The van der Waals surface area contributed by atoms with Crippen LogP contribution >= 0.6 is 0 Å². The molecule has 1 unspecified atom stereocenters. The van der Waals surface area contributed by atoms with Crippen molar-refractivity contribution in [2.24, 2.45) is 5.73 Å². The Kier molecular flexibility index (Phi) is 6.18. The van der Waals surface area contributed by atoms with Crippen molar-refractivity contribution in [3.05, 3.63) is 29.8 Å². The van der Waals surface area contributed by atoms with Gasteiger partial charge in [0.25, 0.3) is 0 Å². The predicted octanol–water partition coefficient (Wildman–Crippen LogP) is 1.86. The van der Waals surface area contributed by atoms with Gasteiger partial charge in [-0.05, 0) is 31.0 Å². The number of amides is 2. The van der Waals surface area contributed by atoms with Gasteiger partial charge >= 0.3 is 6.03 Å². The van der Waals surface area contributed by atoms with E-state index in [1.807, 2.05) is 31.2 Å². The molecule has 0 bridgehead atoms. The summed E-state index contributed by atoms with van der Waals surface area (Å²) in [5.74, 6) is 0. The van der Waals surface area contributed by atoms with Gasteiger partial charge in [0, 0.05) is 32.0 Å². The van der Waals surface area contributed by atoms with Crippen LogP contribution in [0, 0.1) is 0 Å². The van der Waals surface area contributed by atoms with E-state index in [0.29, 0.717) is 13.2 Å². The molecule has 4 N–H and O–H groups in total. The standard InChI is InChI=1S/C13H21N3O2/c1-10(14)11-4-6-12(7-5-11)16-13(17)15-8-3-9-18-2/h4-7,10H,3,8-9,14H2,1-2H3,(H2,15,16,17). The molecule has 0 aromatic heterocycles. The van der Waals surface area contributed by atoms with E-state index in [9.17, 15) is 4.79 Å². The summed E-state index contributed by atoms with van der Waals surface area (Å²) in [6.45, 7) is 3.16. The van der Waals surface area contributed by atoms with Crippen LogP contribution in [0.15, 0.2) is 24.3 Å². The van der Waals surface area contributed by atoms with Crippen molar-refractivity contribution in [3.8, 4) is 0 Å². The molecule has 1 atom stereocenters. The van der Waals surface area contributed by atoms with Gasteiger partial charge in [-0.2, -0.15) is 0 Å². The van der Waals surface area contributed by atoms with Crippen LogP contribution in [-0.4, -0.2) is 26.3 Å². The first-order valence-electron chi connectivity index (χ1n) is 6.03. The highest BCUT2D eigenvalue weighted by Crippen LogP contribution is 2.13. The van der Waals surface area contributed by atoms with E-state index in [0.717, 1.165) is 17.7 Å². The van der Waals surface area contributed by atoms with Crippen LogP contribution in [0.2, 0.25) is 0 Å². The number of methoxy groups -OCH3 is 1. The summed E-state index contributed by atoms with van der Waals surface area (Å²) in [6, 6.07) is 7.29. The molecule has 18 heavy (non-hydrogen) atoms. The minimum atomic E-state index is -0.209. The molecule has 0 saturated heterocycles. The minimum Gasteiger partial charge on any atom is -0.385 e. The van der Waals surface area contributed by atoms with Gasteiger partial charge in [-0.25, -0.2) is 4.79 Å². The highest BCUT2D eigenvalue weighted by atomic mass is 16.5. The fourth-order valence-corrected chi connectivity index (χ4v) is 1.46. The average molecular weight is 251 g/mol. The van der Waals surface area contributed by atoms with Gasteiger partial charge in [-0.1, -0.05) is 12.1 Å². The van der Waals surface area contributed by atoms with Crippen LogP contribution in [0.3, 0.4) is 0 Å². The van der Waals surface area contributed by atoms with Crippen LogP contribution in [0.1, 0.15) is 24.9 Å². The van der Waals surface area contributed by atoms with Gasteiger partial charge in [0.1, 0.15) is 0 Å². The molecule has 0 aliphatic rings. The second-order valence-electron chi connectivity index (χ2n) is 4.14. The Balaban J connectivity index is 2.35. The number of carbonyl (C=O) groups excluding carboxylic acids is 1. The number of rotatable bonds is 6. The van der Waals surface area contributed by atoms with Crippen LogP contribution in [-0.2, 0) is 4.74 Å². The lowest BCUT2D eigenvalue weighted by Gasteiger charge is -2.09. The van der Waals surface area contributed by atoms with Gasteiger partial charge in [0.2, 0.25) is 0 Å². The lowest BCUT2D eigenvalue weighted by Crippen LogP contribution is -2.30. The smallest absolute Gasteiger partial charge is 0.319 e.